The van der Waals surface area contributed by atoms with E-state index in [-0.39, 0.29) is 6.04 Å². The molecule has 0 fully saturated rings. The van der Waals surface area contributed by atoms with Crippen molar-refractivity contribution in [3.63, 3.8) is 0 Å². The van der Waals surface area contributed by atoms with Gasteiger partial charge in [0.1, 0.15) is 11.5 Å². The molecule has 0 saturated heterocycles. The van der Waals surface area contributed by atoms with E-state index >= 15 is 0 Å². The Hall–Kier alpha value is -1.17. The average molecular weight is 255 g/mol. The van der Waals surface area contributed by atoms with Gasteiger partial charge in [0.2, 0.25) is 0 Å². The molecule has 0 amide bonds. The Morgan fingerprint density at radius 3 is 2.94 bits per heavy atom. The second-order valence-electron chi connectivity index (χ2n) is 3.93. The molecule has 2 heterocycles. The number of nitrogens with one attached hydrogen (secondary N) is 1. The molecule has 1 aromatic heterocycles. The van der Waals surface area contributed by atoms with Gasteiger partial charge in [-0.05, 0) is 19.4 Å². The fourth-order valence-electron chi connectivity index (χ4n) is 1.89. The first-order chi connectivity index (χ1) is 8.13. The van der Waals surface area contributed by atoms with Crippen LogP contribution in [0, 0.1) is 0 Å². The summed E-state index contributed by atoms with van der Waals surface area (Å²) in [4.78, 5) is 8.06. The van der Waals surface area contributed by atoms with E-state index < -0.39 is 0 Å². The number of rotatable bonds is 3. The number of nitrogens with zero attached hydrogens (tertiary/aromatic N) is 3. The van der Waals surface area contributed by atoms with Crippen LogP contribution in [0.4, 0.5) is 5.82 Å². The van der Waals surface area contributed by atoms with Gasteiger partial charge in [0.25, 0.3) is 0 Å². The number of ether oxygens (including phenoxy) is 1. The summed E-state index contributed by atoms with van der Waals surface area (Å²) in [5, 5.41) is 2.34. The van der Waals surface area contributed by atoms with Crippen LogP contribution in [-0.2, 0) is 4.74 Å². The number of hydrazine groups is 1. The highest BCUT2D eigenvalue weighted by Gasteiger charge is 2.26. The van der Waals surface area contributed by atoms with Crippen molar-refractivity contribution >= 4 is 17.4 Å². The topological polar surface area (TPSA) is 50.3 Å². The van der Waals surface area contributed by atoms with E-state index in [1.54, 1.807) is 13.2 Å². The van der Waals surface area contributed by atoms with E-state index in [4.69, 9.17) is 16.3 Å². The highest BCUT2D eigenvalue weighted by atomic mass is 35.5. The molecule has 0 aromatic carbocycles. The van der Waals surface area contributed by atoms with Crippen LogP contribution >= 0.6 is 11.6 Å². The maximum atomic E-state index is 5.86. The number of methoxy groups -OCH3 is 1. The fourth-order valence-corrected chi connectivity index (χ4v) is 2.04. The molecule has 92 valence electrons. The molecule has 0 aliphatic carbocycles. The monoisotopic (exact) mass is 254 g/mol. The lowest BCUT2D eigenvalue weighted by Gasteiger charge is -2.19. The molecule has 5 nitrogen and oxygen atoms in total. The van der Waals surface area contributed by atoms with Gasteiger partial charge in [0.15, 0.2) is 5.82 Å². The zero-order chi connectivity index (χ0) is 12.4. The third-order valence-electron chi connectivity index (χ3n) is 2.79. The van der Waals surface area contributed by atoms with Crippen LogP contribution in [-0.4, -0.2) is 29.7 Å². The van der Waals surface area contributed by atoms with E-state index in [0.717, 1.165) is 11.5 Å². The van der Waals surface area contributed by atoms with Gasteiger partial charge < -0.3 is 4.74 Å². The van der Waals surface area contributed by atoms with Crippen molar-refractivity contribution in [3.8, 4) is 0 Å². The summed E-state index contributed by atoms with van der Waals surface area (Å²) in [5.74, 6) is 0.737. The number of aromatic nitrogens is 2. The number of allylic oxidation sites excluding steroid dienone is 1. The predicted octanol–water partition coefficient (Wildman–Crippen LogP) is 1.76. The summed E-state index contributed by atoms with van der Waals surface area (Å²) >= 11 is 5.86. The Labute approximate surface area is 105 Å². The third-order valence-corrected chi connectivity index (χ3v) is 3.00. The second-order valence-corrected chi connectivity index (χ2v) is 4.32. The highest BCUT2D eigenvalue weighted by Crippen LogP contribution is 2.25. The lowest BCUT2D eigenvalue weighted by atomic mass is 10.1. The number of hydrogen-bond acceptors (Lipinski definition) is 5. The average Bonchev–Trinajstić information content (AvgIpc) is 2.57. The summed E-state index contributed by atoms with van der Waals surface area (Å²) < 4.78 is 5.19. The standard InChI is InChI=1S/C11H15ClN4O/c1-7-9(5-17-3)8(2)16(15-7)11-4-10(12)13-6-14-11/h4,6-7,15H,5H2,1-3H3. The van der Waals surface area contributed by atoms with E-state index in [1.807, 2.05) is 11.9 Å². The lowest BCUT2D eigenvalue weighted by Crippen LogP contribution is -2.36. The normalized spacial score (nSPS) is 20.2. The molecule has 1 atom stereocenters. The third kappa shape index (κ3) is 2.41. The molecule has 0 radical (unpaired) electrons. The number of anilines is 1. The molecule has 0 spiro atoms. The maximum Gasteiger partial charge on any atom is 0.152 e. The molecular formula is C11H15ClN4O. The maximum absolute atomic E-state index is 5.86. The van der Waals surface area contributed by atoms with Crippen LogP contribution in [0.25, 0.3) is 0 Å². The highest BCUT2D eigenvalue weighted by molar-refractivity contribution is 6.29. The fraction of sp³-hybridized carbons (Fsp3) is 0.455. The van der Waals surface area contributed by atoms with Crippen molar-refractivity contribution in [2.24, 2.45) is 0 Å². The van der Waals surface area contributed by atoms with Gasteiger partial charge in [-0.3, -0.25) is 5.01 Å². The molecule has 17 heavy (non-hydrogen) atoms. The molecule has 1 N–H and O–H groups in total. The predicted molar refractivity (Wildman–Crippen MR) is 66.7 cm³/mol. The molecule has 0 saturated carbocycles. The first-order valence-corrected chi connectivity index (χ1v) is 5.73. The summed E-state index contributed by atoms with van der Waals surface area (Å²) in [6.45, 7) is 4.72. The Morgan fingerprint density at radius 1 is 1.53 bits per heavy atom. The van der Waals surface area contributed by atoms with Crippen molar-refractivity contribution in [1.82, 2.24) is 15.4 Å². The molecule has 1 unspecified atom stereocenters. The zero-order valence-electron chi connectivity index (χ0n) is 10.1. The molecule has 1 aliphatic heterocycles. The minimum absolute atomic E-state index is 0.226. The first-order valence-electron chi connectivity index (χ1n) is 5.36. The van der Waals surface area contributed by atoms with Crippen LogP contribution in [0.2, 0.25) is 5.15 Å². The summed E-state index contributed by atoms with van der Waals surface area (Å²) in [6, 6.07) is 1.95. The van der Waals surface area contributed by atoms with Crippen molar-refractivity contribution in [3.05, 3.63) is 28.8 Å². The van der Waals surface area contributed by atoms with Crippen LogP contribution in [0.5, 0.6) is 0 Å². The van der Waals surface area contributed by atoms with Gasteiger partial charge in [-0.25, -0.2) is 15.4 Å². The van der Waals surface area contributed by atoms with Crippen LogP contribution in [0.15, 0.2) is 23.7 Å². The van der Waals surface area contributed by atoms with Gasteiger partial charge in [-0.1, -0.05) is 11.6 Å². The van der Waals surface area contributed by atoms with Gasteiger partial charge in [-0.15, -0.1) is 0 Å². The SMILES string of the molecule is COCC1=C(C)N(c2cc(Cl)ncn2)NC1C. The Bertz CT molecular complexity index is 449. The smallest absolute Gasteiger partial charge is 0.152 e. The number of hydrogen-bond donors (Lipinski definition) is 1. The first kappa shape index (κ1) is 12.3. The van der Waals surface area contributed by atoms with Crippen LogP contribution in [0.1, 0.15) is 13.8 Å². The Kier molecular flexibility index (Phi) is 3.61. The quantitative estimate of drug-likeness (QED) is 0.833. The molecule has 0 bridgehead atoms. The van der Waals surface area contributed by atoms with E-state index in [0.29, 0.717) is 11.8 Å². The number of halogens is 1. The summed E-state index contributed by atoms with van der Waals surface area (Å²) in [5.41, 5.74) is 5.61. The van der Waals surface area contributed by atoms with Crippen LogP contribution in [0.3, 0.4) is 0 Å². The zero-order valence-corrected chi connectivity index (χ0v) is 10.8. The Morgan fingerprint density at radius 2 is 2.29 bits per heavy atom. The molecule has 1 aromatic rings. The summed E-state index contributed by atoms with van der Waals surface area (Å²) in [7, 11) is 1.69. The van der Waals surface area contributed by atoms with E-state index in [9.17, 15) is 0 Å². The van der Waals surface area contributed by atoms with Gasteiger partial charge in [0, 0.05) is 24.9 Å². The van der Waals surface area contributed by atoms with Crippen molar-refractivity contribution in [2.75, 3.05) is 18.7 Å². The lowest BCUT2D eigenvalue weighted by molar-refractivity contribution is 0.221. The molecule has 1 aliphatic rings. The summed E-state index contributed by atoms with van der Waals surface area (Å²) in [6.07, 6.45) is 1.45. The second kappa shape index (κ2) is 5.00. The largest absolute Gasteiger partial charge is 0.380 e. The van der Waals surface area contributed by atoms with E-state index in [1.165, 1.54) is 11.9 Å². The van der Waals surface area contributed by atoms with Gasteiger partial charge in [0.05, 0.1) is 6.61 Å². The molecule has 6 heteroatoms. The molecular weight excluding hydrogens is 240 g/mol. The molecule has 2 rings (SSSR count). The van der Waals surface area contributed by atoms with Gasteiger partial charge in [-0.2, -0.15) is 0 Å². The van der Waals surface area contributed by atoms with Crippen molar-refractivity contribution < 1.29 is 4.74 Å². The van der Waals surface area contributed by atoms with Crippen LogP contribution < -0.4 is 10.4 Å². The van der Waals surface area contributed by atoms with Crippen molar-refractivity contribution in [2.45, 2.75) is 19.9 Å². The minimum atomic E-state index is 0.226. The van der Waals surface area contributed by atoms with Crippen molar-refractivity contribution in [1.29, 1.82) is 0 Å². The Balaban J connectivity index is 2.30. The van der Waals surface area contributed by atoms with E-state index in [2.05, 4.69) is 22.3 Å². The van der Waals surface area contributed by atoms with Gasteiger partial charge >= 0.3 is 0 Å². The minimum Gasteiger partial charge on any atom is -0.380 e.